The van der Waals surface area contributed by atoms with Crippen molar-refractivity contribution < 1.29 is 0 Å². The minimum Gasteiger partial charge on any atom is -0.396 e. The summed E-state index contributed by atoms with van der Waals surface area (Å²) in [5.41, 5.74) is 7.24. The van der Waals surface area contributed by atoms with Crippen molar-refractivity contribution in [1.82, 2.24) is 4.98 Å². The van der Waals surface area contributed by atoms with Gasteiger partial charge in [-0.05, 0) is 24.3 Å². The summed E-state index contributed by atoms with van der Waals surface area (Å²) in [5.74, 6) is 0.687. The molecule has 1 aromatic heterocycles. The molecule has 0 saturated heterocycles. The molecule has 0 spiro atoms. The van der Waals surface area contributed by atoms with Crippen molar-refractivity contribution in [2.45, 2.75) is 26.2 Å². The number of nitrogens with zero attached hydrogens (tertiary/aromatic N) is 2. The van der Waals surface area contributed by atoms with Gasteiger partial charge in [0.1, 0.15) is 11.9 Å². The maximum atomic E-state index is 8.69. The van der Waals surface area contributed by atoms with Gasteiger partial charge in [-0.1, -0.05) is 13.3 Å². The molecule has 0 bridgehead atoms. The fraction of sp³-hybridized carbons (Fsp3) is 0.500. The van der Waals surface area contributed by atoms with Crippen LogP contribution in [0.2, 0.25) is 0 Å². The zero-order chi connectivity index (χ0) is 11.6. The van der Waals surface area contributed by atoms with Gasteiger partial charge in [0.05, 0.1) is 11.3 Å². The minimum atomic E-state index is 0.391. The van der Waals surface area contributed by atoms with E-state index < -0.39 is 0 Å². The van der Waals surface area contributed by atoms with Crippen LogP contribution in [-0.2, 0) is 0 Å². The number of rotatable bonds is 3. The molecule has 1 fully saturated rings. The number of nitrogens with one attached hydrogen (secondary N) is 1. The Kier molecular flexibility index (Phi) is 2.69. The van der Waals surface area contributed by atoms with Crippen molar-refractivity contribution in [3.8, 4) is 6.07 Å². The molecule has 1 saturated carbocycles. The predicted octanol–water partition coefficient (Wildman–Crippen LogP) is 2.14. The summed E-state index contributed by atoms with van der Waals surface area (Å²) < 4.78 is 0. The van der Waals surface area contributed by atoms with Crippen LogP contribution in [0, 0.1) is 16.7 Å². The highest BCUT2D eigenvalue weighted by Crippen LogP contribution is 2.40. The third kappa shape index (κ3) is 2.08. The molecule has 3 N–H and O–H groups in total. The zero-order valence-corrected chi connectivity index (χ0v) is 9.45. The summed E-state index contributed by atoms with van der Waals surface area (Å²) >= 11 is 0. The molecule has 0 aliphatic heterocycles. The van der Waals surface area contributed by atoms with E-state index in [0.717, 1.165) is 6.54 Å². The van der Waals surface area contributed by atoms with Gasteiger partial charge in [0.15, 0.2) is 0 Å². The number of nitrogens with two attached hydrogens (primary N) is 1. The summed E-state index contributed by atoms with van der Waals surface area (Å²) in [6.07, 6.45) is 5.38. The van der Waals surface area contributed by atoms with Gasteiger partial charge in [0.2, 0.25) is 0 Å². The summed E-state index contributed by atoms with van der Waals surface area (Å²) in [6, 6.07) is 3.67. The summed E-state index contributed by atoms with van der Waals surface area (Å²) in [5, 5.41) is 12.0. The van der Waals surface area contributed by atoms with Gasteiger partial charge < -0.3 is 11.1 Å². The van der Waals surface area contributed by atoms with Crippen molar-refractivity contribution in [3.05, 3.63) is 17.8 Å². The molecule has 1 aromatic rings. The molecule has 16 heavy (non-hydrogen) atoms. The van der Waals surface area contributed by atoms with Gasteiger partial charge in [0.25, 0.3) is 0 Å². The average Bonchev–Trinajstić information content (AvgIpc) is 2.25. The van der Waals surface area contributed by atoms with E-state index in [0.29, 0.717) is 22.5 Å². The van der Waals surface area contributed by atoms with Crippen LogP contribution in [0.3, 0.4) is 0 Å². The molecule has 4 nitrogen and oxygen atoms in total. The predicted molar refractivity (Wildman–Crippen MR) is 63.8 cm³/mol. The highest BCUT2D eigenvalue weighted by Gasteiger charge is 2.31. The number of hydrogen-bond donors (Lipinski definition) is 2. The van der Waals surface area contributed by atoms with E-state index in [4.69, 9.17) is 11.0 Å². The van der Waals surface area contributed by atoms with E-state index in [-0.39, 0.29) is 0 Å². The third-order valence-electron chi connectivity index (χ3n) is 3.29. The Morgan fingerprint density at radius 2 is 2.38 bits per heavy atom. The smallest absolute Gasteiger partial charge is 0.149 e. The Bertz CT molecular complexity index is 429. The molecule has 1 aliphatic rings. The van der Waals surface area contributed by atoms with Crippen LogP contribution in [0.15, 0.2) is 12.3 Å². The molecule has 0 radical (unpaired) electrons. The normalized spacial score (nSPS) is 17.2. The second-order valence-electron chi connectivity index (χ2n) is 4.79. The van der Waals surface area contributed by atoms with Crippen LogP contribution in [0.5, 0.6) is 0 Å². The molecule has 84 valence electrons. The molecule has 0 amide bonds. The molecule has 2 rings (SSSR count). The molecule has 0 atom stereocenters. The summed E-state index contributed by atoms with van der Waals surface area (Å²) in [7, 11) is 0. The van der Waals surface area contributed by atoms with Crippen molar-refractivity contribution in [2.24, 2.45) is 5.41 Å². The van der Waals surface area contributed by atoms with Crippen LogP contribution in [0.25, 0.3) is 0 Å². The van der Waals surface area contributed by atoms with Crippen LogP contribution in [0.1, 0.15) is 31.7 Å². The maximum absolute atomic E-state index is 8.69. The second kappa shape index (κ2) is 4.01. The highest BCUT2D eigenvalue weighted by molar-refractivity contribution is 5.63. The molecular weight excluding hydrogens is 200 g/mol. The van der Waals surface area contributed by atoms with E-state index in [1.807, 2.05) is 6.07 Å². The Balaban J connectivity index is 2.02. The van der Waals surface area contributed by atoms with Gasteiger partial charge in [-0.3, -0.25) is 0 Å². The Morgan fingerprint density at radius 3 is 2.88 bits per heavy atom. The van der Waals surface area contributed by atoms with E-state index in [1.54, 1.807) is 12.3 Å². The highest BCUT2D eigenvalue weighted by atomic mass is 15.0. The number of nitriles is 1. The largest absolute Gasteiger partial charge is 0.396 e. The average molecular weight is 216 g/mol. The lowest BCUT2D eigenvalue weighted by Crippen LogP contribution is -2.33. The first-order valence-electron chi connectivity index (χ1n) is 5.52. The lowest BCUT2D eigenvalue weighted by atomic mass is 9.70. The molecular formula is C12H16N4. The second-order valence-corrected chi connectivity index (χ2v) is 4.79. The van der Waals surface area contributed by atoms with Crippen LogP contribution in [0.4, 0.5) is 11.5 Å². The lowest BCUT2D eigenvalue weighted by Gasteiger charge is -2.38. The van der Waals surface area contributed by atoms with Gasteiger partial charge in [-0.25, -0.2) is 4.98 Å². The van der Waals surface area contributed by atoms with Crippen molar-refractivity contribution in [2.75, 3.05) is 17.6 Å². The molecule has 1 aliphatic carbocycles. The number of pyridine rings is 1. The summed E-state index contributed by atoms with van der Waals surface area (Å²) in [6.45, 7) is 3.17. The number of nitrogen functional groups attached to an aromatic ring is 1. The fourth-order valence-corrected chi connectivity index (χ4v) is 1.94. The van der Waals surface area contributed by atoms with Crippen LogP contribution >= 0.6 is 0 Å². The SMILES string of the molecule is CC1(CNc2ncc(C#N)cc2N)CCC1. The van der Waals surface area contributed by atoms with Crippen molar-refractivity contribution >= 4 is 11.5 Å². The quantitative estimate of drug-likeness (QED) is 0.811. The lowest BCUT2D eigenvalue weighted by molar-refractivity contribution is 0.180. The van der Waals surface area contributed by atoms with Crippen molar-refractivity contribution in [3.63, 3.8) is 0 Å². The van der Waals surface area contributed by atoms with Crippen LogP contribution < -0.4 is 11.1 Å². The van der Waals surface area contributed by atoms with E-state index >= 15 is 0 Å². The summed E-state index contributed by atoms with van der Waals surface area (Å²) in [4.78, 5) is 4.15. The minimum absolute atomic E-state index is 0.391. The van der Waals surface area contributed by atoms with Gasteiger partial charge in [-0.2, -0.15) is 5.26 Å². The van der Waals surface area contributed by atoms with E-state index in [1.165, 1.54) is 19.3 Å². The topological polar surface area (TPSA) is 74.7 Å². The Labute approximate surface area is 95.5 Å². The van der Waals surface area contributed by atoms with E-state index in [2.05, 4.69) is 17.2 Å². The third-order valence-corrected chi connectivity index (χ3v) is 3.29. The molecule has 0 unspecified atom stereocenters. The first kappa shape index (κ1) is 10.7. The van der Waals surface area contributed by atoms with Crippen LogP contribution in [-0.4, -0.2) is 11.5 Å². The molecule has 1 heterocycles. The zero-order valence-electron chi connectivity index (χ0n) is 9.45. The number of hydrogen-bond acceptors (Lipinski definition) is 4. The monoisotopic (exact) mass is 216 g/mol. The Hall–Kier alpha value is -1.76. The Morgan fingerprint density at radius 1 is 1.62 bits per heavy atom. The molecule has 4 heteroatoms. The maximum Gasteiger partial charge on any atom is 0.149 e. The van der Waals surface area contributed by atoms with E-state index in [9.17, 15) is 0 Å². The first-order valence-corrected chi connectivity index (χ1v) is 5.52. The van der Waals surface area contributed by atoms with Gasteiger partial charge in [0, 0.05) is 12.7 Å². The number of anilines is 2. The first-order chi connectivity index (χ1) is 7.63. The van der Waals surface area contributed by atoms with Crippen molar-refractivity contribution in [1.29, 1.82) is 5.26 Å². The molecule has 0 aromatic carbocycles. The standard InChI is InChI=1S/C12H16N4/c1-12(3-2-4-12)8-16-11-10(14)5-9(6-13)7-15-11/h5,7H,2-4,8,14H2,1H3,(H,15,16). The van der Waals surface area contributed by atoms with Gasteiger partial charge in [-0.15, -0.1) is 0 Å². The van der Waals surface area contributed by atoms with Gasteiger partial charge >= 0.3 is 0 Å². The number of aromatic nitrogens is 1. The fourth-order valence-electron chi connectivity index (χ4n) is 1.94.